The molecule has 1 saturated heterocycles. The number of nitrogens with one attached hydrogen (secondary N) is 1. The van der Waals surface area contributed by atoms with Crippen molar-refractivity contribution in [2.75, 3.05) is 38.5 Å². The van der Waals surface area contributed by atoms with Gasteiger partial charge in [0.25, 0.3) is 0 Å². The molecular formula is C16H25N3O2. The Kier molecular flexibility index (Phi) is 5.87. The minimum atomic E-state index is 0.0629. The molecule has 21 heavy (non-hydrogen) atoms. The predicted octanol–water partition coefficient (Wildman–Crippen LogP) is 1.50. The van der Waals surface area contributed by atoms with Crippen LogP contribution < -0.4 is 15.8 Å². The van der Waals surface area contributed by atoms with E-state index in [4.69, 9.17) is 10.5 Å². The fourth-order valence-corrected chi connectivity index (χ4v) is 2.60. The van der Waals surface area contributed by atoms with Crippen LogP contribution in [0, 0.1) is 5.92 Å². The highest BCUT2D eigenvalue weighted by molar-refractivity contribution is 5.72. The third kappa shape index (κ3) is 5.63. The average molecular weight is 291 g/mol. The lowest BCUT2D eigenvalue weighted by Gasteiger charge is -2.31. The van der Waals surface area contributed by atoms with Crippen LogP contribution in [-0.2, 0) is 4.79 Å². The molecule has 1 aromatic carbocycles. The maximum absolute atomic E-state index is 10.9. The van der Waals surface area contributed by atoms with Gasteiger partial charge in [-0.2, -0.15) is 0 Å². The molecule has 1 fully saturated rings. The lowest BCUT2D eigenvalue weighted by atomic mass is 9.97. The zero-order valence-electron chi connectivity index (χ0n) is 12.7. The Bertz CT molecular complexity index is 457. The Balaban J connectivity index is 1.61. The summed E-state index contributed by atoms with van der Waals surface area (Å²) in [6.07, 6.45) is 2.27. The zero-order chi connectivity index (χ0) is 15.1. The summed E-state index contributed by atoms with van der Waals surface area (Å²) in [6, 6.07) is 7.53. The molecule has 5 nitrogen and oxygen atoms in total. The van der Waals surface area contributed by atoms with E-state index in [1.54, 1.807) is 6.92 Å². The van der Waals surface area contributed by atoms with E-state index in [9.17, 15) is 4.79 Å². The van der Waals surface area contributed by atoms with Crippen molar-refractivity contribution in [2.24, 2.45) is 5.92 Å². The highest BCUT2D eigenvalue weighted by Gasteiger charge is 2.18. The fraction of sp³-hybridized carbons (Fsp3) is 0.562. The van der Waals surface area contributed by atoms with Crippen LogP contribution in [-0.4, -0.2) is 43.6 Å². The van der Waals surface area contributed by atoms with Gasteiger partial charge in [-0.3, -0.25) is 9.69 Å². The first-order chi connectivity index (χ1) is 10.1. The number of rotatable bonds is 6. The van der Waals surface area contributed by atoms with Gasteiger partial charge in [0.2, 0.25) is 5.91 Å². The van der Waals surface area contributed by atoms with Crippen molar-refractivity contribution in [2.45, 2.75) is 19.8 Å². The summed E-state index contributed by atoms with van der Waals surface area (Å²) in [5.74, 6) is 1.50. The van der Waals surface area contributed by atoms with Gasteiger partial charge in [0.05, 0.1) is 0 Å². The normalized spacial score (nSPS) is 16.6. The van der Waals surface area contributed by atoms with Crippen LogP contribution in [0.1, 0.15) is 19.8 Å². The quantitative estimate of drug-likeness (QED) is 0.779. The Hall–Kier alpha value is -1.75. The maximum Gasteiger partial charge on any atom is 0.216 e. The summed E-state index contributed by atoms with van der Waals surface area (Å²) in [7, 11) is 0. The van der Waals surface area contributed by atoms with E-state index in [0.717, 1.165) is 50.5 Å². The monoisotopic (exact) mass is 291 g/mol. The van der Waals surface area contributed by atoms with Gasteiger partial charge in [-0.25, -0.2) is 0 Å². The zero-order valence-corrected chi connectivity index (χ0v) is 12.7. The van der Waals surface area contributed by atoms with Crippen LogP contribution in [0.15, 0.2) is 24.3 Å². The maximum atomic E-state index is 10.9. The van der Waals surface area contributed by atoms with Crippen molar-refractivity contribution in [1.82, 2.24) is 10.2 Å². The lowest BCUT2D eigenvalue weighted by molar-refractivity contribution is -0.119. The molecular weight excluding hydrogens is 266 g/mol. The molecule has 0 spiro atoms. The smallest absolute Gasteiger partial charge is 0.216 e. The molecule has 1 aromatic rings. The number of amides is 1. The molecule has 0 aliphatic carbocycles. The van der Waals surface area contributed by atoms with E-state index >= 15 is 0 Å². The minimum absolute atomic E-state index is 0.0629. The van der Waals surface area contributed by atoms with Crippen LogP contribution >= 0.6 is 0 Å². The third-order valence-corrected chi connectivity index (χ3v) is 3.88. The molecule has 0 unspecified atom stereocenters. The van der Waals surface area contributed by atoms with Crippen LogP contribution in [0.25, 0.3) is 0 Å². The molecule has 3 N–H and O–H groups in total. The number of piperidine rings is 1. The molecule has 0 aromatic heterocycles. The van der Waals surface area contributed by atoms with Crippen LogP contribution in [0.4, 0.5) is 5.69 Å². The molecule has 116 valence electrons. The number of ether oxygens (including phenoxy) is 1. The number of likely N-dealkylation sites (tertiary alicyclic amines) is 1. The fourth-order valence-electron chi connectivity index (χ4n) is 2.60. The summed E-state index contributed by atoms with van der Waals surface area (Å²) in [6.45, 7) is 6.14. The van der Waals surface area contributed by atoms with Gasteiger partial charge in [0.1, 0.15) is 12.4 Å². The third-order valence-electron chi connectivity index (χ3n) is 3.88. The SMILES string of the molecule is CC(=O)NCC1CCN(CCOc2cccc(N)c2)CC1. The summed E-state index contributed by atoms with van der Waals surface area (Å²) in [5, 5.41) is 2.91. The molecule has 0 atom stereocenters. The second-order valence-corrected chi connectivity index (χ2v) is 5.64. The molecule has 0 bridgehead atoms. The summed E-state index contributed by atoms with van der Waals surface area (Å²) in [4.78, 5) is 13.3. The van der Waals surface area contributed by atoms with Crippen LogP contribution in [0.5, 0.6) is 5.75 Å². The molecule has 1 aliphatic heterocycles. The first-order valence-corrected chi connectivity index (χ1v) is 7.58. The molecule has 1 heterocycles. The first kappa shape index (κ1) is 15.6. The van der Waals surface area contributed by atoms with Crippen molar-refractivity contribution in [3.63, 3.8) is 0 Å². The van der Waals surface area contributed by atoms with E-state index in [1.165, 1.54) is 0 Å². The van der Waals surface area contributed by atoms with E-state index < -0.39 is 0 Å². The molecule has 1 aliphatic rings. The Morgan fingerprint density at radius 1 is 1.43 bits per heavy atom. The van der Waals surface area contributed by atoms with Gasteiger partial charge in [-0.15, -0.1) is 0 Å². The van der Waals surface area contributed by atoms with Gasteiger partial charge in [-0.05, 0) is 44.0 Å². The highest BCUT2D eigenvalue weighted by Crippen LogP contribution is 2.17. The van der Waals surface area contributed by atoms with Crippen LogP contribution in [0.2, 0.25) is 0 Å². The minimum Gasteiger partial charge on any atom is -0.492 e. The Morgan fingerprint density at radius 3 is 2.86 bits per heavy atom. The summed E-state index contributed by atoms with van der Waals surface area (Å²) >= 11 is 0. The molecule has 5 heteroatoms. The second-order valence-electron chi connectivity index (χ2n) is 5.64. The van der Waals surface area contributed by atoms with Crippen LogP contribution in [0.3, 0.4) is 0 Å². The summed E-state index contributed by atoms with van der Waals surface area (Å²) in [5.41, 5.74) is 6.45. The number of carbonyl (C=O) groups excluding carboxylic acids is 1. The molecule has 0 saturated carbocycles. The number of hydrogen-bond donors (Lipinski definition) is 2. The number of carbonyl (C=O) groups is 1. The highest BCUT2D eigenvalue weighted by atomic mass is 16.5. The molecule has 2 rings (SSSR count). The van der Waals surface area contributed by atoms with Gasteiger partial charge in [0.15, 0.2) is 0 Å². The number of benzene rings is 1. The van der Waals surface area contributed by atoms with Gasteiger partial charge >= 0.3 is 0 Å². The van der Waals surface area contributed by atoms with Gasteiger partial charge < -0.3 is 15.8 Å². The number of nitrogens with zero attached hydrogens (tertiary/aromatic N) is 1. The van der Waals surface area contributed by atoms with Gasteiger partial charge in [-0.1, -0.05) is 6.07 Å². The lowest BCUT2D eigenvalue weighted by Crippen LogP contribution is -2.39. The van der Waals surface area contributed by atoms with Crippen molar-refractivity contribution in [3.05, 3.63) is 24.3 Å². The van der Waals surface area contributed by atoms with Crippen molar-refractivity contribution in [1.29, 1.82) is 0 Å². The molecule has 1 amide bonds. The van der Waals surface area contributed by atoms with Crippen molar-refractivity contribution in [3.8, 4) is 5.75 Å². The number of nitrogen functional groups attached to an aromatic ring is 1. The first-order valence-electron chi connectivity index (χ1n) is 7.58. The van der Waals surface area contributed by atoms with Crippen molar-refractivity contribution >= 4 is 11.6 Å². The van der Waals surface area contributed by atoms with Gasteiger partial charge in [0, 0.05) is 31.8 Å². The number of hydrogen-bond acceptors (Lipinski definition) is 4. The molecule has 0 radical (unpaired) electrons. The number of anilines is 1. The van der Waals surface area contributed by atoms with Crippen molar-refractivity contribution < 1.29 is 9.53 Å². The van der Waals surface area contributed by atoms with E-state index in [1.807, 2.05) is 24.3 Å². The topological polar surface area (TPSA) is 67.6 Å². The second kappa shape index (κ2) is 7.88. The summed E-state index contributed by atoms with van der Waals surface area (Å²) < 4.78 is 5.72. The largest absolute Gasteiger partial charge is 0.492 e. The Morgan fingerprint density at radius 2 is 2.19 bits per heavy atom. The average Bonchev–Trinajstić information content (AvgIpc) is 2.46. The van der Waals surface area contributed by atoms with E-state index in [-0.39, 0.29) is 5.91 Å². The standard InChI is InChI=1S/C16H25N3O2/c1-13(20)18-12-14-5-7-19(8-6-14)9-10-21-16-4-2-3-15(17)11-16/h2-4,11,14H,5-10,12,17H2,1H3,(H,18,20). The Labute approximate surface area is 126 Å². The predicted molar refractivity (Wildman–Crippen MR) is 84.2 cm³/mol. The number of nitrogens with two attached hydrogens (primary N) is 1. The van der Waals surface area contributed by atoms with E-state index in [0.29, 0.717) is 12.5 Å². The van der Waals surface area contributed by atoms with E-state index in [2.05, 4.69) is 10.2 Å².